The molecule has 0 saturated heterocycles. The number of carbonyl (C=O) groups excluding carboxylic acids is 4. The minimum Gasteiger partial charge on any atom is -0.481 e. The second-order valence-electron chi connectivity index (χ2n) is 14.0. The van der Waals surface area contributed by atoms with Crippen molar-refractivity contribution >= 4 is 29.1 Å². The predicted molar refractivity (Wildman–Crippen MR) is 138 cm³/mol. The largest absolute Gasteiger partial charge is 0.481 e. The number of carboxylic acid groups (broad SMARTS) is 1. The quantitative estimate of drug-likeness (QED) is 0.473. The van der Waals surface area contributed by atoms with Crippen LogP contribution >= 0.6 is 0 Å². The molecular formula is C30H42O8. The van der Waals surface area contributed by atoms with E-state index in [0.717, 1.165) is 0 Å². The Morgan fingerprint density at radius 3 is 2.26 bits per heavy atom. The lowest BCUT2D eigenvalue weighted by Crippen LogP contribution is -2.60. The fourth-order valence-corrected chi connectivity index (χ4v) is 8.97. The van der Waals surface area contributed by atoms with Crippen molar-refractivity contribution in [3.8, 4) is 0 Å². The van der Waals surface area contributed by atoms with Gasteiger partial charge in [-0.05, 0) is 43.6 Å². The molecule has 8 heteroatoms. The molecule has 0 unspecified atom stereocenters. The summed E-state index contributed by atoms with van der Waals surface area (Å²) in [6, 6.07) is 0. The van der Waals surface area contributed by atoms with Gasteiger partial charge >= 0.3 is 5.97 Å². The molecule has 4 rings (SSSR count). The van der Waals surface area contributed by atoms with Crippen LogP contribution in [0.15, 0.2) is 11.1 Å². The van der Waals surface area contributed by atoms with Crippen LogP contribution in [0.1, 0.15) is 93.4 Å². The highest BCUT2D eigenvalue weighted by atomic mass is 16.4. The number of carboxylic acids is 1. The summed E-state index contributed by atoms with van der Waals surface area (Å²) in [6.07, 6.45) is -0.624. The fourth-order valence-electron chi connectivity index (χ4n) is 8.97. The van der Waals surface area contributed by atoms with Gasteiger partial charge in [0, 0.05) is 54.4 Å². The first-order valence-corrected chi connectivity index (χ1v) is 13.7. The van der Waals surface area contributed by atoms with Gasteiger partial charge in [-0.25, -0.2) is 0 Å². The van der Waals surface area contributed by atoms with E-state index in [1.807, 2.05) is 20.8 Å². The third-order valence-electron chi connectivity index (χ3n) is 11.3. The first-order chi connectivity index (χ1) is 17.2. The monoisotopic (exact) mass is 530 g/mol. The van der Waals surface area contributed by atoms with Gasteiger partial charge < -0.3 is 15.3 Å². The van der Waals surface area contributed by atoms with E-state index in [1.54, 1.807) is 13.8 Å². The summed E-state index contributed by atoms with van der Waals surface area (Å²) >= 11 is 0. The third-order valence-corrected chi connectivity index (χ3v) is 11.3. The van der Waals surface area contributed by atoms with E-state index in [0.29, 0.717) is 24.0 Å². The molecule has 0 aromatic rings. The smallest absolute Gasteiger partial charge is 0.306 e. The van der Waals surface area contributed by atoms with Crippen LogP contribution in [0, 0.1) is 39.4 Å². The van der Waals surface area contributed by atoms with E-state index >= 15 is 0 Å². The van der Waals surface area contributed by atoms with Gasteiger partial charge in [0.1, 0.15) is 17.3 Å². The molecule has 4 aliphatic carbocycles. The Labute approximate surface area is 224 Å². The van der Waals surface area contributed by atoms with Crippen molar-refractivity contribution in [1.82, 2.24) is 0 Å². The van der Waals surface area contributed by atoms with Crippen LogP contribution in [-0.4, -0.2) is 56.1 Å². The second kappa shape index (κ2) is 8.65. The van der Waals surface area contributed by atoms with Crippen molar-refractivity contribution in [2.75, 3.05) is 0 Å². The molecule has 0 spiro atoms. The number of ketones is 4. The minimum atomic E-state index is -1.65. The van der Waals surface area contributed by atoms with Crippen molar-refractivity contribution in [2.45, 2.75) is 105 Å². The van der Waals surface area contributed by atoms with Crippen LogP contribution < -0.4 is 0 Å². The average Bonchev–Trinajstić information content (AvgIpc) is 2.99. The summed E-state index contributed by atoms with van der Waals surface area (Å²) in [5.41, 5.74) is -4.36. The van der Waals surface area contributed by atoms with Crippen molar-refractivity contribution in [2.24, 2.45) is 39.4 Å². The number of rotatable bonds is 6. The molecule has 0 aromatic carbocycles. The number of carbonyl (C=O) groups is 5. The first kappa shape index (κ1) is 28.8. The van der Waals surface area contributed by atoms with E-state index in [4.69, 9.17) is 0 Å². The number of Topliss-reactive ketones (excluding diaryl/α,β-unsaturated/α-hetero) is 4. The van der Waals surface area contributed by atoms with Gasteiger partial charge in [-0.1, -0.05) is 34.6 Å². The van der Waals surface area contributed by atoms with Gasteiger partial charge in [-0.2, -0.15) is 0 Å². The van der Waals surface area contributed by atoms with Crippen LogP contribution in [0.4, 0.5) is 0 Å². The highest BCUT2D eigenvalue weighted by molar-refractivity contribution is 6.05. The molecule has 38 heavy (non-hydrogen) atoms. The molecule has 0 amide bonds. The van der Waals surface area contributed by atoms with E-state index in [9.17, 15) is 39.3 Å². The Bertz CT molecular complexity index is 1160. The molecule has 0 aliphatic heterocycles. The number of hydrogen-bond acceptors (Lipinski definition) is 7. The Hall–Kier alpha value is -2.19. The molecular weight excluding hydrogens is 488 g/mol. The normalized spacial score (nSPS) is 40.7. The van der Waals surface area contributed by atoms with Crippen molar-refractivity contribution in [1.29, 1.82) is 0 Å². The standard InChI is InChI=1S/C30H42O8/c1-15(25(36)37)10-16(31)13-29(6,38)20-12-22(35)30(7)24-17(32)11-19-26(2,3)21(34)8-9-27(19,4)23(24)18(33)14-28(20,30)5/h15,17,19-20,32,38H,8-14H2,1-7H3,(H,36,37)/t15-,17+,19-,20+,27+,28-,29+,30+/m1/s1. The van der Waals surface area contributed by atoms with Crippen LogP contribution in [0.2, 0.25) is 0 Å². The molecule has 4 aliphatic rings. The molecule has 0 heterocycles. The Morgan fingerprint density at radius 2 is 1.68 bits per heavy atom. The predicted octanol–water partition coefficient (Wildman–Crippen LogP) is 3.45. The zero-order chi connectivity index (χ0) is 28.8. The maximum atomic E-state index is 14.1. The number of aliphatic hydroxyl groups is 2. The average molecular weight is 531 g/mol. The zero-order valence-corrected chi connectivity index (χ0v) is 23.6. The molecule has 3 N–H and O–H groups in total. The number of fused-ring (bicyclic) bond motifs is 4. The molecule has 210 valence electrons. The topological polar surface area (TPSA) is 146 Å². The van der Waals surface area contributed by atoms with Gasteiger partial charge in [0.05, 0.1) is 23.0 Å². The lowest BCUT2D eigenvalue weighted by Gasteiger charge is -2.60. The Morgan fingerprint density at radius 1 is 1.08 bits per heavy atom. The lowest BCUT2D eigenvalue weighted by atomic mass is 9.42. The van der Waals surface area contributed by atoms with Crippen LogP contribution in [0.3, 0.4) is 0 Å². The fraction of sp³-hybridized carbons (Fsp3) is 0.767. The van der Waals surface area contributed by atoms with Gasteiger partial charge in [0.15, 0.2) is 5.78 Å². The maximum absolute atomic E-state index is 14.1. The first-order valence-electron chi connectivity index (χ1n) is 13.7. The van der Waals surface area contributed by atoms with Gasteiger partial charge in [0.25, 0.3) is 0 Å². The number of aliphatic hydroxyl groups excluding tert-OH is 1. The summed E-state index contributed by atoms with van der Waals surface area (Å²) in [6.45, 7) is 12.2. The Kier molecular flexibility index (Phi) is 6.56. The van der Waals surface area contributed by atoms with Crippen molar-refractivity contribution < 1.29 is 39.3 Å². The summed E-state index contributed by atoms with van der Waals surface area (Å²) in [7, 11) is 0. The van der Waals surface area contributed by atoms with Gasteiger partial charge in [0.2, 0.25) is 0 Å². The number of allylic oxidation sites excluding steroid dienone is 1. The summed E-state index contributed by atoms with van der Waals surface area (Å²) in [5.74, 6) is -3.63. The maximum Gasteiger partial charge on any atom is 0.306 e. The molecule has 8 atom stereocenters. The lowest BCUT2D eigenvalue weighted by molar-refractivity contribution is -0.150. The summed E-state index contributed by atoms with van der Waals surface area (Å²) in [4.78, 5) is 64.8. The number of aliphatic carboxylic acids is 1. The summed E-state index contributed by atoms with van der Waals surface area (Å²) in [5, 5.41) is 32.4. The Balaban J connectivity index is 1.79. The van der Waals surface area contributed by atoms with E-state index in [2.05, 4.69) is 0 Å². The molecule has 2 saturated carbocycles. The van der Waals surface area contributed by atoms with Crippen LogP contribution in [0.5, 0.6) is 0 Å². The second-order valence-corrected chi connectivity index (χ2v) is 14.0. The van der Waals surface area contributed by atoms with Gasteiger partial charge in [-0.3, -0.25) is 24.0 Å². The van der Waals surface area contributed by atoms with E-state index in [1.165, 1.54) is 13.8 Å². The van der Waals surface area contributed by atoms with E-state index < -0.39 is 57.0 Å². The highest BCUT2D eigenvalue weighted by Gasteiger charge is 2.71. The molecule has 0 bridgehead atoms. The molecule has 8 nitrogen and oxygen atoms in total. The van der Waals surface area contributed by atoms with Gasteiger partial charge in [-0.15, -0.1) is 0 Å². The van der Waals surface area contributed by atoms with Crippen LogP contribution in [-0.2, 0) is 24.0 Å². The van der Waals surface area contributed by atoms with Crippen LogP contribution in [0.25, 0.3) is 0 Å². The molecule has 2 fully saturated rings. The zero-order valence-electron chi connectivity index (χ0n) is 23.6. The molecule has 0 radical (unpaired) electrons. The summed E-state index contributed by atoms with van der Waals surface area (Å²) < 4.78 is 0. The highest BCUT2D eigenvalue weighted by Crippen LogP contribution is 2.70. The van der Waals surface area contributed by atoms with E-state index in [-0.39, 0.29) is 55.4 Å². The SMILES string of the molecule is C[C@H](CC(=O)C[C@](C)(O)[C@H]1CC(=O)[C@@]2(C)C3=C(C(=O)C[C@]12C)[C@@]1(C)CCC(=O)C(C)(C)[C@H]1C[C@@H]3O)C(=O)O. The van der Waals surface area contributed by atoms with Crippen molar-refractivity contribution in [3.05, 3.63) is 11.1 Å². The van der Waals surface area contributed by atoms with Crippen molar-refractivity contribution in [3.63, 3.8) is 0 Å². The minimum absolute atomic E-state index is 0.0159. The molecule has 0 aromatic heterocycles. The third kappa shape index (κ3) is 3.73. The number of hydrogen-bond donors (Lipinski definition) is 3.